The molecule has 3 aromatic heterocycles. The van der Waals surface area contributed by atoms with Gasteiger partial charge in [0.25, 0.3) is 5.91 Å². The molecule has 174 valence electrons. The molecule has 3 heterocycles. The quantitative estimate of drug-likeness (QED) is 0.431. The molecule has 0 aliphatic carbocycles. The minimum absolute atomic E-state index is 0.00139. The number of halogens is 3. The summed E-state index contributed by atoms with van der Waals surface area (Å²) in [6, 6.07) is 12.9. The van der Waals surface area contributed by atoms with Crippen molar-refractivity contribution in [3.8, 4) is 0 Å². The molecule has 11 heteroatoms. The van der Waals surface area contributed by atoms with Gasteiger partial charge in [-0.05, 0) is 35.9 Å². The SMILES string of the molecule is O=C(CCNC(=O)c1nc2ccccc2n1Cc1cccnc1)Nc1ccc(C(F)(F)F)cn1. The number of pyridine rings is 2. The summed E-state index contributed by atoms with van der Waals surface area (Å²) in [6.45, 7) is 0.387. The molecule has 2 amide bonds. The third-order valence-electron chi connectivity index (χ3n) is 4.92. The molecule has 0 unspecified atom stereocenters. The van der Waals surface area contributed by atoms with Crippen molar-refractivity contribution in [3.63, 3.8) is 0 Å². The van der Waals surface area contributed by atoms with Crippen LogP contribution in [0, 0.1) is 0 Å². The van der Waals surface area contributed by atoms with E-state index in [0.29, 0.717) is 18.3 Å². The highest BCUT2D eigenvalue weighted by molar-refractivity contribution is 5.95. The minimum atomic E-state index is -4.51. The fraction of sp³-hybridized carbons (Fsp3) is 0.174. The number of carbonyl (C=O) groups is 2. The van der Waals surface area contributed by atoms with Crippen LogP contribution in [0.15, 0.2) is 67.1 Å². The Kier molecular flexibility index (Phi) is 6.53. The summed E-state index contributed by atoms with van der Waals surface area (Å²) in [5, 5.41) is 5.07. The Bertz CT molecular complexity index is 1300. The van der Waals surface area contributed by atoms with Crippen molar-refractivity contribution in [2.45, 2.75) is 19.1 Å². The van der Waals surface area contributed by atoms with Crippen LogP contribution in [-0.2, 0) is 17.5 Å². The van der Waals surface area contributed by atoms with Crippen LogP contribution in [-0.4, -0.2) is 37.9 Å². The Morgan fingerprint density at radius 1 is 1.00 bits per heavy atom. The maximum Gasteiger partial charge on any atom is 0.417 e. The van der Waals surface area contributed by atoms with Gasteiger partial charge in [-0.3, -0.25) is 14.6 Å². The van der Waals surface area contributed by atoms with Crippen molar-refractivity contribution in [1.29, 1.82) is 0 Å². The second-order valence-electron chi connectivity index (χ2n) is 7.36. The number of imidazole rings is 1. The highest BCUT2D eigenvalue weighted by atomic mass is 19.4. The number of hydrogen-bond acceptors (Lipinski definition) is 5. The van der Waals surface area contributed by atoms with Gasteiger partial charge in [-0.15, -0.1) is 0 Å². The molecule has 34 heavy (non-hydrogen) atoms. The average molecular weight is 468 g/mol. The molecule has 0 bridgehead atoms. The van der Waals surface area contributed by atoms with E-state index in [9.17, 15) is 22.8 Å². The third kappa shape index (κ3) is 5.37. The summed E-state index contributed by atoms with van der Waals surface area (Å²) < 4.78 is 39.6. The number of benzene rings is 1. The van der Waals surface area contributed by atoms with Gasteiger partial charge in [0.05, 0.1) is 23.1 Å². The number of aromatic nitrogens is 4. The van der Waals surface area contributed by atoms with Crippen LogP contribution in [0.4, 0.5) is 19.0 Å². The van der Waals surface area contributed by atoms with E-state index >= 15 is 0 Å². The molecular formula is C23H19F3N6O2. The number of alkyl halides is 3. The van der Waals surface area contributed by atoms with Crippen molar-refractivity contribution < 1.29 is 22.8 Å². The number of para-hydroxylation sites is 2. The van der Waals surface area contributed by atoms with E-state index in [-0.39, 0.29) is 24.6 Å². The van der Waals surface area contributed by atoms with Gasteiger partial charge in [-0.1, -0.05) is 18.2 Å². The second kappa shape index (κ2) is 9.69. The monoisotopic (exact) mass is 468 g/mol. The van der Waals surface area contributed by atoms with Gasteiger partial charge in [0.15, 0.2) is 5.82 Å². The lowest BCUT2D eigenvalue weighted by Crippen LogP contribution is -2.30. The zero-order valence-electron chi connectivity index (χ0n) is 17.7. The van der Waals surface area contributed by atoms with Crippen molar-refractivity contribution >= 4 is 28.7 Å². The van der Waals surface area contributed by atoms with Crippen LogP contribution in [0.2, 0.25) is 0 Å². The Morgan fingerprint density at radius 3 is 2.53 bits per heavy atom. The molecule has 0 saturated carbocycles. The second-order valence-corrected chi connectivity index (χ2v) is 7.36. The molecule has 0 fully saturated rings. The number of carbonyl (C=O) groups excluding carboxylic acids is 2. The van der Waals surface area contributed by atoms with Crippen LogP contribution >= 0.6 is 0 Å². The van der Waals surface area contributed by atoms with Gasteiger partial charge in [-0.25, -0.2) is 9.97 Å². The Labute approximate surface area is 191 Å². The van der Waals surface area contributed by atoms with E-state index in [1.807, 2.05) is 24.3 Å². The fourth-order valence-corrected chi connectivity index (χ4v) is 3.29. The highest BCUT2D eigenvalue weighted by Crippen LogP contribution is 2.28. The van der Waals surface area contributed by atoms with Crippen molar-refractivity contribution in [3.05, 3.63) is 84.1 Å². The number of hydrogen-bond donors (Lipinski definition) is 2. The van der Waals surface area contributed by atoms with Crippen LogP contribution in [0.5, 0.6) is 0 Å². The van der Waals surface area contributed by atoms with Gasteiger partial charge < -0.3 is 15.2 Å². The van der Waals surface area contributed by atoms with Gasteiger partial charge in [0.1, 0.15) is 5.82 Å². The number of rotatable bonds is 7. The Hall–Kier alpha value is -4.28. The van der Waals surface area contributed by atoms with E-state index in [1.165, 1.54) is 0 Å². The van der Waals surface area contributed by atoms with Crippen LogP contribution in [0.1, 0.15) is 28.2 Å². The molecule has 0 atom stereocenters. The number of nitrogens with one attached hydrogen (secondary N) is 2. The highest BCUT2D eigenvalue weighted by Gasteiger charge is 2.30. The minimum Gasteiger partial charge on any atom is -0.349 e. The van der Waals surface area contributed by atoms with Gasteiger partial charge in [0, 0.05) is 31.6 Å². The molecular weight excluding hydrogens is 449 g/mol. The average Bonchev–Trinajstić information content (AvgIpc) is 3.18. The number of fused-ring (bicyclic) bond motifs is 1. The molecule has 4 rings (SSSR count). The first-order valence-corrected chi connectivity index (χ1v) is 10.3. The molecule has 0 spiro atoms. The van der Waals surface area contributed by atoms with Gasteiger partial charge in [-0.2, -0.15) is 13.2 Å². The lowest BCUT2D eigenvalue weighted by Gasteiger charge is -2.10. The standard InChI is InChI=1S/C23H19F3N6O2/c24-23(25,26)16-7-8-19(29-13-16)31-20(33)9-11-28-22(34)21-30-17-5-1-2-6-18(17)32(21)14-15-4-3-10-27-12-15/h1-8,10,12-13H,9,11,14H2,(H,28,34)(H,29,31,33). The summed E-state index contributed by atoms with van der Waals surface area (Å²) in [5.41, 5.74) is 1.42. The van der Waals surface area contributed by atoms with Crippen LogP contribution in [0.3, 0.4) is 0 Å². The van der Waals surface area contributed by atoms with Gasteiger partial charge >= 0.3 is 6.18 Å². The lowest BCUT2D eigenvalue weighted by molar-refractivity contribution is -0.137. The van der Waals surface area contributed by atoms with E-state index < -0.39 is 23.6 Å². The predicted octanol–water partition coefficient (Wildman–Crippen LogP) is 3.65. The van der Waals surface area contributed by atoms with Crippen LogP contribution < -0.4 is 10.6 Å². The lowest BCUT2D eigenvalue weighted by atomic mass is 10.2. The molecule has 0 aliphatic rings. The fourth-order valence-electron chi connectivity index (χ4n) is 3.29. The summed E-state index contributed by atoms with van der Waals surface area (Å²) in [4.78, 5) is 37.1. The molecule has 8 nitrogen and oxygen atoms in total. The molecule has 0 saturated heterocycles. The van der Waals surface area contributed by atoms with Gasteiger partial charge in [0.2, 0.25) is 5.91 Å². The first-order chi connectivity index (χ1) is 16.3. The third-order valence-corrected chi connectivity index (χ3v) is 4.92. The zero-order valence-corrected chi connectivity index (χ0v) is 17.7. The molecule has 4 aromatic rings. The Morgan fingerprint density at radius 2 is 1.82 bits per heavy atom. The Balaban J connectivity index is 1.39. The van der Waals surface area contributed by atoms with Crippen LogP contribution in [0.25, 0.3) is 11.0 Å². The predicted molar refractivity (Wildman–Crippen MR) is 118 cm³/mol. The number of anilines is 1. The normalized spacial score (nSPS) is 11.4. The summed E-state index contributed by atoms with van der Waals surface area (Å²) in [7, 11) is 0. The number of amides is 2. The number of nitrogens with zero attached hydrogens (tertiary/aromatic N) is 4. The largest absolute Gasteiger partial charge is 0.417 e. The van der Waals surface area contributed by atoms with Crippen molar-refractivity contribution in [1.82, 2.24) is 24.8 Å². The van der Waals surface area contributed by atoms with E-state index in [0.717, 1.165) is 23.2 Å². The van der Waals surface area contributed by atoms with E-state index in [4.69, 9.17) is 0 Å². The molecule has 2 N–H and O–H groups in total. The first-order valence-electron chi connectivity index (χ1n) is 10.3. The van der Waals surface area contributed by atoms with E-state index in [2.05, 4.69) is 25.6 Å². The first kappa shape index (κ1) is 22.9. The summed E-state index contributed by atoms with van der Waals surface area (Å²) >= 11 is 0. The summed E-state index contributed by atoms with van der Waals surface area (Å²) in [6.07, 6.45) is -0.598. The van der Waals surface area contributed by atoms with Crippen molar-refractivity contribution in [2.75, 3.05) is 11.9 Å². The maximum absolute atomic E-state index is 12.8. The van der Waals surface area contributed by atoms with Crippen molar-refractivity contribution in [2.24, 2.45) is 0 Å². The molecule has 0 radical (unpaired) electrons. The summed E-state index contributed by atoms with van der Waals surface area (Å²) in [5.74, 6) is -0.783. The van der Waals surface area contributed by atoms with E-state index in [1.54, 1.807) is 29.1 Å². The maximum atomic E-state index is 12.8. The molecule has 1 aromatic carbocycles. The molecule has 0 aliphatic heterocycles. The topological polar surface area (TPSA) is 102 Å². The zero-order chi connectivity index (χ0) is 24.1. The smallest absolute Gasteiger partial charge is 0.349 e.